The van der Waals surface area contributed by atoms with Gasteiger partial charge in [-0.25, -0.2) is 0 Å². The first kappa shape index (κ1) is 18.4. The zero-order valence-electron chi connectivity index (χ0n) is 16.1. The van der Waals surface area contributed by atoms with Crippen molar-refractivity contribution in [2.45, 2.75) is 5.92 Å². The smallest absolute Gasteiger partial charge is 0.269 e. The standard InChI is InChI=1S/C23H15N5O3/c24-12-18-19(14-7-3-8-15(11-14)28(29)30)20-21(26-27-23(20)31-22(18)25)17-10-4-6-13-5-1-2-9-16(13)17/h1-11,19H,25H2,(H,26,27). The zero-order valence-corrected chi connectivity index (χ0v) is 16.1. The van der Waals surface area contributed by atoms with E-state index in [-0.39, 0.29) is 23.0 Å². The van der Waals surface area contributed by atoms with E-state index >= 15 is 0 Å². The molecule has 1 aliphatic rings. The van der Waals surface area contributed by atoms with Crippen LogP contribution in [0.15, 0.2) is 78.2 Å². The van der Waals surface area contributed by atoms with Crippen LogP contribution in [0.25, 0.3) is 22.0 Å². The van der Waals surface area contributed by atoms with E-state index in [1.807, 2.05) is 42.5 Å². The second-order valence-electron chi connectivity index (χ2n) is 7.12. The molecular weight excluding hydrogens is 394 g/mol. The number of aromatic amines is 1. The lowest BCUT2D eigenvalue weighted by Crippen LogP contribution is -2.21. The van der Waals surface area contributed by atoms with Crippen LogP contribution in [0.5, 0.6) is 5.88 Å². The number of nitro groups is 1. The molecule has 31 heavy (non-hydrogen) atoms. The molecule has 0 radical (unpaired) electrons. The molecule has 0 bridgehead atoms. The molecule has 0 aliphatic carbocycles. The van der Waals surface area contributed by atoms with Gasteiger partial charge in [0.05, 0.1) is 22.1 Å². The molecule has 5 rings (SSSR count). The molecule has 3 aromatic carbocycles. The van der Waals surface area contributed by atoms with Crippen LogP contribution in [0.1, 0.15) is 17.0 Å². The molecule has 0 saturated heterocycles. The minimum Gasteiger partial charge on any atom is -0.420 e. The average Bonchev–Trinajstić information content (AvgIpc) is 3.20. The predicted octanol–water partition coefficient (Wildman–Crippen LogP) is 4.36. The third-order valence-electron chi connectivity index (χ3n) is 5.41. The lowest BCUT2D eigenvalue weighted by molar-refractivity contribution is -0.384. The summed E-state index contributed by atoms with van der Waals surface area (Å²) in [7, 11) is 0. The van der Waals surface area contributed by atoms with Gasteiger partial charge in [-0.15, -0.1) is 5.10 Å². The van der Waals surface area contributed by atoms with E-state index in [0.717, 1.165) is 16.3 Å². The number of fused-ring (bicyclic) bond motifs is 2. The van der Waals surface area contributed by atoms with Gasteiger partial charge in [-0.2, -0.15) is 5.26 Å². The maximum atomic E-state index is 11.3. The van der Waals surface area contributed by atoms with Crippen molar-refractivity contribution in [1.29, 1.82) is 5.26 Å². The van der Waals surface area contributed by atoms with Gasteiger partial charge in [0.15, 0.2) is 0 Å². The second kappa shape index (κ2) is 7.00. The number of ether oxygens (including phenoxy) is 1. The normalized spacial score (nSPS) is 15.3. The van der Waals surface area contributed by atoms with E-state index in [9.17, 15) is 15.4 Å². The number of aromatic nitrogens is 2. The first-order valence-electron chi connectivity index (χ1n) is 9.47. The number of nitrogens with zero attached hydrogens (tertiary/aromatic N) is 3. The summed E-state index contributed by atoms with van der Waals surface area (Å²) in [4.78, 5) is 10.9. The molecule has 4 aromatic rings. The van der Waals surface area contributed by atoms with Crippen LogP contribution in [-0.2, 0) is 0 Å². The molecule has 1 aromatic heterocycles. The minimum atomic E-state index is -0.665. The number of hydrogen-bond donors (Lipinski definition) is 2. The highest BCUT2D eigenvalue weighted by Gasteiger charge is 2.36. The molecule has 0 saturated carbocycles. The van der Waals surface area contributed by atoms with Crippen molar-refractivity contribution in [3.63, 3.8) is 0 Å². The van der Waals surface area contributed by atoms with E-state index in [1.54, 1.807) is 12.1 Å². The third kappa shape index (κ3) is 2.88. The summed E-state index contributed by atoms with van der Waals surface area (Å²) in [5.74, 6) is -0.486. The number of hydrogen-bond acceptors (Lipinski definition) is 6. The van der Waals surface area contributed by atoms with Gasteiger partial charge in [-0.1, -0.05) is 54.6 Å². The number of nitrogens with two attached hydrogens (primary N) is 1. The van der Waals surface area contributed by atoms with Crippen LogP contribution in [0.4, 0.5) is 5.69 Å². The van der Waals surface area contributed by atoms with Crippen molar-refractivity contribution in [2.75, 3.05) is 0 Å². The van der Waals surface area contributed by atoms with Crippen LogP contribution < -0.4 is 10.5 Å². The van der Waals surface area contributed by atoms with Gasteiger partial charge in [0, 0.05) is 17.7 Å². The lowest BCUT2D eigenvalue weighted by atomic mass is 9.82. The first-order chi connectivity index (χ1) is 15.1. The van der Waals surface area contributed by atoms with Gasteiger partial charge in [-0.3, -0.25) is 15.2 Å². The molecule has 0 spiro atoms. The van der Waals surface area contributed by atoms with E-state index in [1.165, 1.54) is 12.1 Å². The fourth-order valence-corrected chi connectivity index (χ4v) is 4.05. The highest BCUT2D eigenvalue weighted by molar-refractivity contribution is 5.97. The minimum absolute atomic E-state index is 0.0672. The Labute approximate surface area is 176 Å². The summed E-state index contributed by atoms with van der Waals surface area (Å²) in [5, 5.41) is 30.5. The Morgan fingerprint density at radius 3 is 2.71 bits per heavy atom. The number of benzene rings is 3. The van der Waals surface area contributed by atoms with Gasteiger partial charge >= 0.3 is 0 Å². The van der Waals surface area contributed by atoms with Crippen LogP contribution in [-0.4, -0.2) is 15.1 Å². The van der Waals surface area contributed by atoms with E-state index in [0.29, 0.717) is 16.8 Å². The number of nitriles is 1. The average molecular weight is 409 g/mol. The highest BCUT2D eigenvalue weighted by atomic mass is 16.6. The summed E-state index contributed by atoms with van der Waals surface area (Å²) in [6, 6.07) is 22.1. The lowest BCUT2D eigenvalue weighted by Gasteiger charge is -2.24. The first-order valence-corrected chi connectivity index (χ1v) is 9.47. The Balaban J connectivity index is 1.78. The molecule has 150 valence electrons. The molecular formula is C23H15N5O3. The Bertz CT molecular complexity index is 1430. The summed E-state index contributed by atoms with van der Waals surface area (Å²) in [6.45, 7) is 0. The van der Waals surface area contributed by atoms with Crippen molar-refractivity contribution in [3.8, 4) is 23.2 Å². The molecule has 0 fully saturated rings. The van der Waals surface area contributed by atoms with Gasteiger partial charge in [0.25, 0.3) is 5.69 Å². The molecule has 3 N–H and O–H groups in total. The van der Waals surface area contributed by atoms with Crippen molar-refractivity contribution in [2.24, 2.45) is 5.73 Å². The maximum Gasteiger partial charge on any atom is 0.269 e. The number of nitrogens with one attached hydrogen (secondary N) is 1. The zero-order chi connectivity index (χ0) is 21.5. The van der Waals surface area contributed by atoms with Crippen molar-refractivity contribution in [1.82, 2.24) is 10.2 Å². The van der Waals surface area contributed by atoms with E-state index in [4.69, 9.17) is 10.5 Å². The number of allylic oxidation sites excluding steroid dienone is 1. The second-order valence-corrected chi connectivity index (χ2v) is 7.12. The SMILES string of the molecule is N#CC1=C(N)Oc2n[nH]c(-c3cccc4ccccc34)c2C1c1cccc([N+](=O)[O-])c1. The van der Waals surface area contributed by atoms with Crippen LogP contribution in [0, 0.1) is 21.4 Å². The van der Waals surface area contributed by atoms with Crippen LogP contribution in [0.2, 0.25) is 0 Å². The van der Waals surface area contributed by atoms with Crippen molar-refractivity contribution >= 4 is 16.5 Å². The summed E-state index contributed by atoms with van der Waals surface area (Å²) in [6.07, 6.45) is 0. The van der Waals surface area contributed by atoms with Crippen molar-refractivity contribution in [3.05, 3.63) is 99.4 Å². The summed E-state index contributed by atoms with van der Waals surface area (Å²) in [5.41, 5.74) is 8.84. The molecule has 8 heteroatoms. The highest BCUT2D eigenvalue weighted by Crippen LogP contribution is 2.47. The van der Waals surface area contributed by atoms with E-state index < -0.39 is 10.8 Å². The fraction of sp³-hybridized carbons (Fsp3) is 0.0435. The molecule has 2 heterocycles. The Morgan fingerprint density at radius 1 is 1.13 bits per heavy atom. The molecule has 0 amide bonds. The van der Waals surface area contributed by atoms with Gasteiger partial charge in [-0.05, 0) is 16.3 Å². The van der Waals surface area contributed by atoms with Gasteiger partial charge in [0.2, 0.25) is 11.8 Å². The Hall–Kier alpha value is -4.64. The number of H-pyrrole nitrogens is 1. The van der Waals surface area contributed by atoms with Gasteiger partial charge in [0.1, 0.15) is 11.6 Å². The summed E-state index contributed by atoms with van der Waals surface area (Å²) < 4.78 is 5.64. The fourth-order valence-electron chi connectivity index (χ4n) is 4.05. The largest absolute Gasteiger partial charge is 0.420 e. The Morgan fingerprint density at radius 2 is 1.90 bits per heavy atom. The van der Waals surface area contributed by atoms with Crippen molar-refractivity contribution < 1.29 is 9.66 Å². The quantitative estimate of drug-likeness (QED) is 0.382. The predicted molar refractivity (Wildman–Crippen MR) is 114 cm³/mol. The number of rotatable bonds is 3. The number of non-ortho nitro benzene ring substituents is 1. The number of nitro benzene ring substituents is 1. The third-order valence-corrected chi connectivity index (χ3v) is 5.41. The molecule has 1 atom stereocenters. The molecule has 8 nitrogen and oxygen atoms in total. The summed E-state index contributed by atoms with van der Waals surface area (Å²) >= 11 is 0. The Kier molecular flexibility index (Phi) is 4.15. The maximum absolute atomic E-state index is 11.3. The molecule has 1 aliphatic heterocycles. The van der Waals surface area contributed by atoms with Gasteiger partial charge < -0.3 is 10.5 Å². The monoisotopic (exact) mass is 409 g/mol. The topological polar surface area (TPSA) is 131 Å². The molecule has 1 unspecified atom stereocenters. The van der Waals surface area contributed by atoms with Crippen LogP contribution >= 0.6 is 0 Å². The van der Waals surface area contributed by atoms with Crippen LogP contribution in [0.3, 0.4) is 0 Å². The van der Waals surface area contributed by atoms with E-state index in [2.05, 4.69) is 16.3 Å².